The molecule has 0 radical (unpaired) electrons. The van der Waals surface area contributed by atoms with E-state index in [1.165, 1.54) is 18.2 Å². The van der Waals surface area contributed by atoms with Crippen molar-refractivity contribution in [1.29, 1.82) is 5.26 Å². The molecule has 2 N–H and O–H groups in total. The Morgan fingerprint density at radius 3 is 2.20 bits per heavy atom. The Hall–Kier alpha value is -3.11. The van der Waals surface area contributed by atoms with Crippen LogP contribution in [0.3, 0.4) is 0 Å². The summed E-state index contributed by atoms with van der Waals surface area (Å²) in [5, 5.41) is 21.3. The molecule has 35 heavy (non-hydrogen) atoms. The fourth-order valence-corrected chi connectivity index (χ4v) is 5.14. The molecule has 0 bridgehead atoms. The molecule has 0 atom stereocenters. The summed E-state index contributed by atoms with van der Waals surface area (Å²) in [5.74, 6) is -0.116. The van der Waals surface area contributed by atoms with E-state index in [2.05, 4.69) is 50.5 Å². The molecule has 3 rings (SSSR count). The maximum Gasteiger partial charge on any atom is 0.335 e. The van der Waals surface area contributed by atoms with Crippen LogP contribution in [-0.2, 0) is 11.4 Å². The number of hydrogen-bond acceptors (Lipinski definition) is 5. The predicted molar refractivity (Wildman–Crippen MR) is 149 cm³/mol. The molecule has 0 fully saturated rings. The van der Waals surface area contributed by atoms with E-state index in [1.54, 1.807) is 36.4 Å². The molecule has 0 aromatic heterocycles. The Bertz CT molecular complexity index is 1270. The van der Waals surface area contributed by atoms with E-state index in [-0.39, 0.29) is 17.7 Å². The van der Waals surface area contributed by atoms with Gasteiger partial charge in [0.2, 0.25) is 0 Å². The van der Waals surface area contributed by atoms with Gasteiger partial charge in [0.05, 0.1) is 19.3 Å². The van der Waals surface area contributed by atoms with Crippen LogP contribution in [0.1, 0.15) is 28.4 Å². The van der Waals surface area contributed by atoms with Crippen molar-refractivity contribution in [2.75, 3.05) is 11.9 Å². The van der Waals surface area contributed by atoms with E-state index in [9.17, 15) is 14.9 Å². The number of carboxylic acids is 1. The maximum absolute atomic E-state index is 12.6. The minimum Gasteiger partial charge on any atom is -0.494 e. The molecule has 3 aromatic carbocycles. The van der Waals surface area contributed by atoms with Crippen LogP contribution in [0.15, 0.2) is 66.2 Å². The molecule has 7 nitrogen and oxygen atoms in total. The van der Waals surface area contributed by atoms with Crippen molar-refractivity contribution < 1.29 is 24.2 Å². The number of carboxylic acid groups (broad SMARTS) is 1. The smallest absolute Gasteiger partial charge is 0.335 e. The first-order valence-corrected chi connectivity index (χ1v) is 12.6. The first-order valence-electron chi connectivity index (χ1n) is 10.4. The topological polar surface area (TPSA) is 109 Å². The Kier molecular flexibility index (Phi) is 9.50. The molecule has 0 spiro atoms. The summed E-state index contributed by atoms with van der Waals surface area (Å²) >= 11 is 4.28. The van der Waals surface area contributed by atoms with Crippen LogP contribution in [0, 0.1) is 18.5 Å². The molecular formula is C26H20I2N2O5. The summed E-state index contributed by atoms with van der Waals surface area (Å²) in [6.45, 7) is 2.71. The summed E-state index contributed by atoms with van der Waals surface area (Å²) in [6.07, 6.45) is 1.53. The average Bonchev–Trinajstić information content (AvgIpc) is 2.83. The largest absolute Gasteiger partial charge is 0.494 e. The van der Waals surface area contributed by atoms with Crippen LogP contribution in [0.25, 0.3) is 6.08 Å². The van der Waals surface area contributed by atoms with Crippen LogP contribution >= 0.6 is 45.2 Å². The molecule has 0 unspecified atom stereocenters. The number of rotatable bonds is 9. The zero-order valence-corrected chi connectivity index (χ0v) is 22.9. The molecule has 0 aliphatic heterocycles. The van der Waals surface area contributed by atoms with Crippen molar-refractivity contribution in [2.45, 2.75) is 13.5 Å². The molecule has 178 valence electrons. The van der Waals surface area contributed by atoms with Gasteiger partial charge in [0.15, 0.2) is 0 Å². The molecular weight excluding hydrogens is 674 g/mol. The number of anilines is 1. The zero-order chi connectivity index (χ0) is 25.4. The molecule has 0 saturated heterocycles. The first-order chi connectivity index (χ1) is 16.8. The summed E-state index contributed by atoms with van der Waals surface area (Å²) in [4.78, 5) is 23.6. The number of nitrogens with one attached hydrogen (secondary N) is 1. The molecule has 9 heteroatoms. The quantitative estimate of drug-likeness (QED) is 0.159. The van der Waals surface area contributed by atoms with Crippen molar-refractivity contribution in [2.24, 2.45) is 0 Å². The fourth-order valence-electron chi connectivity index (χ4n) is 3.01. The van der Waals surface area contributed by atoms with Crippen LogP contribution in [0.2, 0.25) is 0 Å². The van der Waals surface area contributed by atoms with Gasteiger partial charge in [-0.2, -0.15) is 5.26 Å². The number of aromatic carboxylic acids is 1. The number of nitriles is 1. The van der Waals surface area contributed by atoms with Crippen molar-refractivity contribution in [3.63, 3.8) is 0 Å². The van der Waals surface area contributed by atoms with Crippen LogP contribution in [0.5, 0.6) is 11.5 Å². The number of hydrogen-bond donors (Lipinski definition) is 2. The normalized spacial score (nSPS) is 10.9. The summed E-state index contributed by atoms with van der Waals surface area (Å²) in [5.41, 5.74) is 2.27. The Morgan fingerprint density at radius 2 is 1.66 bits per heavy atom. The highest BCUT2D eigenvalue weighted by molar-refractivity contribution is 14.1. The Labute approximate surface area is 230 Å². The number of amides is 1. The molecule has 0 aliphatic carbocycles. The lowest BCUT2D eigenvalue weighted by Crippen LogP contribution is -2.13. The minimum absolute atomic E-state index is 0.0299. The van der Waals surface area contributed by atoms with Crippen molar-refractivity contribution in [3.05, 3.63) is 90.1 Å². The second-order valence-electron chi connectivity index (χ2n) is 7.19. The van der Waals surface area contributed by atoms with Crippen molar-refractivity contribution in [1.82, 2.24) is 0 Å². The molecule has 0 heterocycles. The van der Waals surface area contributed by atoms with Gasteiger partial charge in [-0.25, -0.2) is 4.79 Å². The highest BCUT2D eigenvalue weighted by Crippen LogP contribution is 2.30. The summed E-state index contributed by atoms with van der Waals surface area (Å²) in [6, 6.07) is 19.0. The minimum atomic E-state index is -0.977. The summed E-state index contributed by atoms with van der Waals surface area (Å²) < 4.78 is 13.0. The van der Waals surface area contributed by atoms with E-state index >= 15 is 0 Å². The number of benzene rings is 3. The Morgan fingerprint density at radius 1 is 1.03 bits per heavy atom. The van der Waals surface area contributed by atoms with Crippen molar-refractivity contribution in [3.8, 4) is 17.6 Å². The lowest BCUT2D eigenvalue weighted by molar-refractivity contribution is -0.112. The average molecular weight is 694 g/mol. The third-order valence-corrected chi connectivity index (χ3v) is 6.31. The van der Waals surface area contributed by atoms with E-state index in [1.807, 2.05) is 25.1 Å². The third-order valence-electron chi connectivity index (χ3n) is 4.70. The lowest BCUT2D eigenvalue weighted by atomic mass is 10.1. The lowest BCUT2D eigenvalue weighted by Gasteiger charge is -2.12. The molecule has 0 aliphatic rings. The molecule has 0 saturated carbocycles. The second-order valence-corrected chi connectivity index (χ2v) is 9.51. The number of ether oxygens (including phenoxy) is 2. The fraction of sp³-hybridized carbons (Fsp3) is 0.115. The van der Waals surface area contributed by atoms with Gasteiger partial charge in [0.1, 0.15) is 29.7 Å². The van der Waals surface area contributed by atoms with E-state index < -0.39 is 11.9 Å². The number of carbonyl (C=O) groups is 2. The van der Waals surface area contributed by atoms with Gasteiger partial charge in [0, 0.05) is 5.69 Å². The van der Waals surface area contributed by atoms with Gasteiger partial charge < -0.3 is 19.9 Å². The van der Waals surface area contributed by atoms with E-state index in [0.29, 0.717) is 29.4 Å². The number of nitrogens with zero attached hydrogens (tertiary/aromatic N) is 1. The predicted octanol–water partition coefficient (Wildman–Crippen LogP) is 6.12. The van der Waals surface area contributed by atoms with Gasteiger partial charge in [-0.3, -0.25) is 4.79 Å². The summed E-state index contributed by atoms with van der Waals surface area (Å²) in [7, 11) is 0. The molecule has 1 amide bonds. The number of halogens is 2. The van der Waals surface area contributed by atoms with Crippen LogP contribution < -0.4 is 14.8 Å². The zero-order valence-electron chi connectivity index (χ0n) is 18.5. The van der Waals surface area contributed by atoms with E-state index in [0.717, 1.165) is 12.7 Å². The first kappa shape index (κ1) is 26.5. The standard InChI is InChI=1S/C26H20I2N2O5/c1-2-34-21-9-7-20(8-10-21)30-25(31)19(14-29)11-17-12-22(27)24(23(28)13-17)35-15-16-3-5-18(6-4-16)26(32)33/h3-13H,2,15H2,1H3,(H,30,31)(H,32,33). The van der Waals surface area contributed by atoms with Crippen LogP contribution in [-0.4, -0.2) is 23.6 Å². The van der Waals surface area contributed by atoms with Crippen LogP contribution in [0.4, 0.5) is 5.69 Å². The van der Waals surface area contributed by atoms with Gasteiger partial charge in [-0.05, 0) is 118 Å². The maximum atomic E-state index is 12.6. The van der Waals surface area contributed by atoms with Gasteiger partial charge in [-0.15, -0.1) is 0 Å². The highest BCUT2D eigenvalue weighted by Gasteiger charge is 2.13. The Balaban J connectivity index is 1.71. The highest BCUT2D eigenvalue weighted by atomic mass is 127. The SMILES string of the molecule is CCOc1ccc(NC(=O)C(C#N)=Cc2cc(I)c(OCc3ccc(C(=O)O)cc3)c(I)c2)cc1. The monoisotopic (exact) mass is 694 g/mol. The number of carbonyl (C=O) groups excluding carboxylic acids is 1. The molecule has 3 aromatic rings. The van der Waals surface area contributed by atoms with E-state index in [4.69, 9.17) is 14.6 Å². The van der Waals surface area contributed by atoms with Gasteiger partial charge in [-0.1, -0.05) is 12.1 Å². The third kappa shape index (κ3) is 7.43. The van der Waals surface area contributed by atoms with Gasteiger partial charge in [0.25, 0.3) is 5.91 Å². The second kappa shape index (κ2) is 12.6. The van der Waals surface area contributed by atoms with Gasteiger partial charge >= 0.3 is 5.97 Å². The van der Waals surface area contributed by atoms with Crippen molar-refractivity contribution >= 4 is 68.8 Å².